The largest absolute Gasteiger partial charge is 0.489 e. The van der Waals surface area contributed by atoms with Crippen LogP contribution in [0.4, 0.5) is 0 Å². The van der Waals surface area contributed by atoms with E-state index in [1.54, 1.807) is 12.1 Å². The summed E-state index contributed by atoms with van der Waals surface area (Å²) in [4.78, 5) is 17.6. The van der Waals surface area contributed by atoms with Crippen LogP contribution in [-0.4, -0.2) is 66.6 Å². The fourth-order valence-corrected chi connectivity index (χ4v) is 4.28. The summed E-state index contributed by atoms with van der Waals surface area (Å²) in [6, 6.07) is 9.86. The van der Waals surface area contributed by atoms with Gasteiger partial charge in [0.05, 0.1) is 17.7 Å². The number of nitrogens with zero attached hydrogens (tertiary/aromatic N) is 3. The highest BCUT2D eigenvalue weighted by atomic mass is 16.5. The Kier molecular flexibility index (Phi) is 5.61. The van der Waals surface area contributed by atoms with E-state index in [-0.39, 0.29) is 18.1 Å². The highest BCUT2D eigenvalue weighted by Crippen LogP contribution is 2.26. The summed E-state index contributed by atoms with van der Waals surface area (Å²) in [6.07, 6.45) is 5.77. The van der Waals surface area contributed by atoms with Gasteiger partial charge in [0.1, 0.15) is 11.9 Å². The van der Waals surface area contributed by atoms with Gasteiger partial charge in [0.2, 0.25) is 5.91 Å². The van der Waals surface area contributed by atoms with Crippen molar-refractivity contribution in [1.29, 1.82) is 5.26 Å². The number of rotatable bonds is 4. The van der Waals surface area contributed by atoms with Gasteiger partial charge in [0.15, 0.2) is 0 Å². The lowest BCUT2D eigenvalue weighted by atomic mass is 9.91. The third-order valence-corrected chi connectivity index (χ3v) is 6.11. The Hall–Kier alpha value is -2.10. The van der Waals surface area contributed by atoms with Crippen molar-refractivity contribution >= 4 is 5.91 Å². The van der Waals surface area contributed by atoms with E-state index in [1.165, 1.54) is 19.3 Å². The molecule has 1 amide bonds. The summed E-state index contributed by atoms with van der Waals surface area (Å²) in [5.74, 6) is 0.969. The van der Waals surface area contributed by atoms with Crippen molar-refractivity contribution in [2.24, 2.45) is 0 Å². The third kappa shape index (κ3) is 4.26. The van der Waals surface area contributed by atoms with Gasteiger partial charge in [-0.2, -0.15) is 5.26 Å². The number of amides is 1. The molecule has 0 unspecified atom stereocenters. The van der Waals surface area contributed by atoms with E-state index in [0.29, 0.717) is 18.5 Å². The number of nitriles is 1. The van der Waals surface area contributed by atoms with E-state index < -0.39 is 0 Å². The van der Waals surface area contributed by atoms with Gasteiger partial charge in [-0.15, -0.1) is 0 Å². The lowest BCUT2D eigenvalue weighted by Gasteiger charge is -2.36. The maximum Gasteiger partial charge on any atom is 0.239 e. The minimum absolute atomic E-state index is 0.00895. The predicted molar refractivity (Wildman–Crippen MR) is 102 cm³/mol. The predicted octanol–water partition coefficient (Wildman–Crippen LogP) is 1.75. The van der Waals surface area contributed by atoms with Crippen LogP contribution in [-0.2, 0) is 4.79 Å². The van der Waals surface area contributed by atoms with Crippen LogP contribution in [0.15, 0.2) is 24.3 Å². The van der Waals surface area contributed by atoms with E-state index in [1.807, 2.05) is 17.0 Å². The molecule has 6 heteroatoms. The van der Waals surface area contributed by atoms with Crippen LogP contribution >= 0.6 is 0 Å². The van der Waals surface area contributed by atoms with Crippen molar-refractivity contribution < 1.29 is 9.53 Å². The van der Waals surface area contributed by atoms with Gasteiger partial charge in [0.25, 0.3) is 0 Å². The monoisotopic (exact) mass is 368 g/mol. The van der Waals surface area contributed by atoms with E-state index >= 15 is 0 Å². The van der Waals surface area contributed by atoms with Crippen LogP contribution in [0.3, 0.4) is 0 Å². The van der Waals surface area contributed by atoms with Crippen molar-refractivity contribution in [2.45, 2.75) is 50.3 Å². The maximum atomic E-state index is 12.9. The first-order valence-corrected chi connectivity index (χ1v) is 10.2. The first kappa shape index (κ1) is 18.3. The molecule has 2 aliphatic heterocycles. The summed E-state index contributed by atoms with van der Waals surface area (Å²) in [5.41, 5.74) is 0.622. The molecule has 6 nitrogen and oxygen atoms in total. The first-order chi connectivity index (χ1) is 13.2. The number of nitrogens with one attached hydrogen (secondary N) is 1. The average Bonchev–Trinajstić information content (AvgIpc) is 2.98. The minimum Gasteiger partial charge on any atom is -0.489 e. The number of hydrogen-bond donors (Lipinski definition) is 1. The van der Waals surface area contributed by atoms with Crippen molar-refractivity contribution in [3.63, 3.8) is 0 Å². The smallest absolute Gasteiger partial charge is 0.239 e. The molecular formula is C21H28N4O2. The fourth-order valence-electron chi connectivity index (χ4n) is 4.28. The summed E-state index contributed by atoms with van der Waals surface area (Å²) in [6.45, 7) is 4.51. The summed E-state index contributed by atoms with van der Waals surface area (Å²) in [7, 11) is 0. The molecule has 1 saturated carbocycles. The number of hydrogen-bond acceptors (Lipinski definition) is 5. The van der Waals surface area contributed by atoms with Gasteiger partial charge in [-0.05, 0) is 43.5 Å². The minimum atomic E-state index is -0.149. The maximum absolute atomic E-state index is 12.9. The van der Waals surface area contributed by atoms with Gasteiger partial charge in [-0.25, -0.2) is 0 Å². The summed E-state index contributed by atoms with van der Waals surface area (Å²) in [5, 5.41) is 12.2. The van der Waals surface area contributed by atoms with Gasteiger partial charge in [-0.3, -0.25) is 9.69 Å². The molecular weight excluding hydrogens is 340 g/mol. The second-order valence-corrected chi connectivity index (χ2v) is 7.87. The summed E-state index contributed by atoms with van der Waals surface area (Å²) < 4.78 is 5.99. The zero-order valence-electron chi connectivity index (χ0n) is 15.8. The Bertz CT molecular complexity index is 695. The van der Waals surface area contributed by atoms with Crippen molar-refractivity contribution in [3.8, 4) is 11.8 Å². The van der Waals surface area contributed by atoms with Crippen molar-refractivity contribution in [2.75, 3.05) is 32.7 Å². The molecule has 1 N–H and O–H groups in total. The lowest BCUT2D eigenvalue weighted by Crippen LogP contribution is -2.46. The fraction of sp³-hybridized carbons (Fsp3) is 0.619. The number of ether oxygens (including phenoxy) is 1. The zero-order chi connectivity index (χ0) is 18.6. The molecule has 2 saturated heterocycles. The quantitative estimate of drug-likeness (QED) is 0.877. The van der Waals surface area contributed by atoms with Crippen LogP contribution in [0.1, 0.15) is 37.7 Å². The molecule has 2 atom stereocenters. The Labute approximate surface area is 161 Å². The highest BCUT2D eigenvalue weighted by molar-refractivity contribution is 5.82. The normalized spacial score (nSPS) is 26.9. The second kappa shape index (κ2) is 8.28. The number of benzene rings is 1. The molecule has 1 aliphatic carbocycles. The van der Waals surface area contributed by atoms with Crippen LogP contribution in [0.5, 0.6) is 5.75 Å². The molecule has 1 aromatic carbocycles. The van der Waals surface area contributed by atoms with Gasteiger partial charge in [-0.1, -0.05) is 6.42 Å². The van der Waals surface area contributed by atoms with E-state index in [2.05, 4.69) is 16.3 Å². The van der Waals surface area contributed by atoms with Crippen LogP contribution in [0.25, 0.3) is 0 Å². The molecule has 4 rings (SSSR count). The average molecular weight is 368 g/mol. The highest BCUT2D eigenvalue weighted by Gasteiger charge is 2.35. The molecule has 0 aromatic heterocycles. The molecule has 0 spiro atoms. The third-order valence-electron chi connectivity index (χ3n) is 6.11. The Morgan fingerprint density at radius 3 is 2.63 bits per heavy atom. The van der Waals surface area contributed by atoms with Crippen LogP contribution in [0, 0.1) is 11.3 Å². The molecule has 3 aliphatic rings. The molecule has 27 heavy (non-hydrogen) atoms. The number of carbonyl (C=O) groups is 1. The van der Waals surface area contributed by atoms with Crippen molar-refractivity contribution in [3.05, 3.63) is 29.8 Å². The van der Waals surface area contributed by atoms with E-state index in [4.69, 9.17) is 10.00 Å². The summed E-state index contributed by atoms with van der Waals surface area (Å²) >= 11 is 0. The molecule has 0 bridgehead atoms. The van der Waals surface area contributed by atoms with Crippen LogP contribution < -0.4 is 10.1 Å². The van der Waals surface area contributed by atoms with Crippen molar-refractivity contribution in [1.82, 2.24) is 15.1 Å². The standard InChI is InChI=1S/C21H28N4O2/c22-14-16-5-7-18(8-6-16)27-19-13-20(23-15-19)21(26)25-10-2-9-24(11-12-25)17-3-1-4-17/h5-8,17,19-20,23H,1-4,9-13,15H2/t19-,20+/m0/s1. The van der Waals surface area contributed by atoms with Crippen LogP contribution in [0.2, 0.25) is 0 Å². The number of carbonyl (C=O) groups excluding carboxylic acids is 1. The Morgan fingerprint density at radius 2 is 1.93 bits per heavy atom. The molecule has 1 aromatic rings. The van der Waals surface area contributed by atoms with Gasteiger partial charge >= 0.3 is 0 Å². The topological polar surface area (TPSA) is 68.6 Å². The Balaban J connectivity index is 1.27. The van der Waals surface area contributed by atoms with Gasteiger partial charge in [0, 0.05) is 45.2 Å². The SMILES string of the molecule is N#Cc1ccc(O[C@@H]2CN[C@@H](C(=O)N3CCCN(C4CCC4)CC3)C2)cc1. The molecule has 0 radical (unpaired) electrons. The van der Waals surface area contributed by atoms with Gasteiger partial charge < -0.3 is 15.0 Å². The second-order valence-electron chi connectivity index (χ2n) is 7.87. The Morgan fingerprint density at radius 1 is 1.11 bits per heavy atom. The zero-order valence-corrected chi connectivity index (χ0v) is 15.8. The van der Waals surface area contributed by atoms with E-state index in [9.17, 15) is 4.79 Å². The molecule has 3 fully saturated rings. The lowest BCUT2D eigenvalue weighted by molar-refractivity contribution is -0.133. The molecule has 2 heterocycles. The van der Waals surface area contributed by atoms with E-state index in [0.717, 1.165) is 44.4 Å². The molecule has 144 valence electrons. The first-order valence-electron chi connectivity index (χ1n) is 10.2.